The third-order valence-electron chi connectivity index (χ3n) is 3.77. The summed E-state index contributed by atoms with van der Waals surface area (Å²) in [6.45, 7) is 8.44. The lowest BCUT2D eigenvalue weighted by Crippen LogP contribution is -3.15. The van der Waals surface area contributed by atoms with E-state index in [4.69, 9.17) is 17.0 Å². The van der Waals surface area contributed by atoms with Crippen LogP contribution in [0.3, 0.4) is 0 Å². The zero-order valence-corrected chi connectivity index (χ0v) is 14.1. The van der Waals surface area contributed by atoms with Crippen LogP contribution in [0.1, 0.15) is 25.5 Å². The Bertz CT molecular complexity index is 500. The van der Waals surface area contributed by atoms with E-state index in [2.05, 4.69) is 47.0 Å². The molecule has 0 radical (unpaired) electrons. The van der Waals surface area contributed by atoms with Gasteiger partial charge in [-0.25, -0.2) is 0 Å². The quantitative estimate of drug-likeness (QED) is 0.420. The molecule has 1 aliphatic heterocycles. The van der Waals surface area contributed by atoms with Gasteiger partial charge in [0, 0.05) is 12.1 Å². The Kier molecular flexibility index (Phi) is 6.76. The van der Waals surface area contributed by atoms with Crippen LogP contribution in [0.15, 0.2) is 35.4 Å². The van der Waals surface area contributed by atoms with E-state index in [9.17, 15) is 0 Å². The number of morpholine rings is 1. The topological polar surface area (TPSA) is 50.1 Å². The highest BCUT2D eigenvalue weighted by Gasteiger charge is 2.28. The van der Waals surface area contributed by atoms with Crippen molar-refractivity contribution in [3.05, 3.63) is 35.9 Å². The van der Waals surface area contributed by atoms with Gasteiger partial charge < -0.3 is 15.0 Å². The van der Waals surface area contributed by atoms with Crippen LogP contribution in [-0.4, -0.2) is 43.7 Å². The summed E-state index contributed by atoms with van der Waals surface area (Å²) in [7, 11) is 0. The van der Waals surface area contributed by atoms with Gasteiger partial charge in [-0.3, -0.25) is 5.43 Å². The zero-order valence-electron chi connectivity index (χ0n) is 13.3. The number of nitrogens with one attached hydrogen (secondary N) is 3. The molecule has 1 aromatic carbocycles. The summed E-state index contributed by atoms with van der Waals surface area (Å²) in [5, 5.41) is 8.10. The predicted molar refractivity (Wildman–Crippen MR) is 93.2 cm³/mol. The zero-order chi connectivity index (χ0) is 15.8. The van der Waals surface area contributed by atoms with Gasteiger partial charge in [-0.15, -0.1) is 0 Å². The van der Waals surface area contributed by atoms with Gasteiger partial charge in [0.1, 0.15) is 13.1 Å². The molecule has 0 aliphatic carbocycles. The molecule has 0 amide bonds. The maximum Gasteiger partial charge on any atom is 0.186 e. The first-order valence-electron chi connectivity index (χ1n) is 7.77. The summed E-state index contributed by atoms with van der Waals surface area (Å²) < 4.78 is 5.49. The van der Waals surface area contributed by atoms with Crippen LogP contribution >= 0.6 is 12.2 Å². The average Bonchev–Trinajstić information content (AvgIpc) is 2.55. The molecule has 1 fully saturated rings. The highest BCUT2D eigenvalue weighted by atomic mass is 32.1. The van der Waals surface area contributed by atoms with Crippen molar-refractivity contribution in [3.63, 3.8) is 0 Å². The van der Waals surface area contributed by atoms with Crippen molar-refractivity contribution >= 4 is 23.0 Å². The monoisotopic (exact) mass is 321 g/mol. The summed E-state index contributed by atoms with van der Waals surface area (Å²) >= 11 is 5.18. The highest BCUT2D eigenvalue weighted by Crippen LogP contribution is 2.11. The van der Waals surface area contributed by atoms with Crippen molar-refractivity contribution in [2.45, 2.75) is 19.9 Å². The Labute approximate surface area is 137 Å². The Morgan fingerprint density at radius 2 is 2.00 bits per heavy atom. The normalized spacial score (nSPS) is 17.8. The second-order valence-electron chi connectivity index (χ2n) is 5.34. The molecule has 6 heteroatoms. The van der Waals surface area contributed by atoms with Crippen molar-refractivity contribution in [2.75, 3.05) is 32.8 Å². The number of benzene rings is 1. The number of ether oxygens (including phenoxy) is 1. The van der Waals surface area contributed by atoms with E-state index in [0.717, 1.165) is 38.6 Å². The summed E-state index contributed by atoms with van der Waals surface area (Å²) in [4.78, 5) is 1.48. The Balaban J connectivity index is 2.16. The van der Waals surface area contributed by atoms with Crippen LogP contribution in [-0.2, 0) is 4.74 Å². The van der Waals surface area contributed by atoms with Crippen LogP contribution in [0.25, 0.3) is 0 Å². The first-order chi connectivity index (χ1) is 10.7. The van der Waals surface area contributed by atoms with Crippen LogP contribution in [0.5, 0.6) is 0 Å². The molecule has 2 rings (SSSR count). The predicted octanol–water partition coefficient (Wildman–Crippen LogP) is 0.503. The largest absolute Gasteiger partial charge is 0.370 e. The first kappa shape index (κ1) is 16.9. The summed E-state index contributed by atoms with van der Waals surface area (Å²) in [6, 6.07) is 10.7. The number of rotatable bonds is 5. The number of hydrogen-bond donors (Lipinski definition) is 3. The molecule has 1 aromatic rings. The summed E-state index contributed by atoms with van der Waals surface area (Å²) in [5.74, 6) is 0. The van der Waals surface area contributed by atoms with E-state index in [1.54, 1.807) is 0 Å². The number of quaternary nitrogens is 1. The van der Waals surface area contributed by atoms with E-state index in [0.29, 0.717) is 5.11 Å². The smallest absolute Gasteiger partial charge is 0.186 e. The minimum Gasteiger partial charge on any atom is -0.370 e. The van der Waals surface area contributed by atoms with E-state index in [1.165, 1.54) is 10.5 Å². The maximum absolute atomic E-state index is 5.49. The fourth-order valence-corrected chi connectivity index (χ4v) is 2.93. The SMILES string of the molecule is CCNC(=S)N/N=C(/C)[C@H](c1ccccc1)[NH+]1CCOCC1. The molecule has 0 spiro atoms. The van der Waals surface area contributed by atoms with Gasteiger partial charge in [-0.05, 0) is 26.1 Å². The number of hydrogen-bond acceptors (Lipinski definition) is 3. The van der Waals surface area contributed by atoms with Crippen molar-refractivity contribution in [1.82, 2.24) is 10.7 Å². The summed E-state index contributed by atoms with van der Waals surface area (Å²) in [5.41, 5.74) is 5.24. The van der Waals surface area contributed by atoms with Crippen molar-refractivity contribution < 1.29 is 9.64 Å². The maximum atomic E-state index is 5.49. The molecule has 1 heterocycles. The third kappa shape index (κ3) is 4.76. The Morgan fingerprint density at radius 3 is 2.64 bits per heavy atom. The van der Waals surface area contributed by atoms with Gasteiger partial charge in [0.05, 0.1) is 18.9 Å². The standard InChI is InChI=1S/C16H24N4OS/c1-3-17-16(22)19-18-13(2)15(14-7-5-4-6-8-14)20-9-11-21-12-10-20/h4-8,15H,3,9-12H2,1-2H3,(H2,17,19,22)/p+1/b18-13-/t15-/m1/s1. The van der Waals surface area contributed by atoms with Gasteiger partial charge in [0.25, 0.3) is 0 Å². The van der Waals surface area contributed by atoms with E-state index in [1.807, 2.05) is 13.0 Å². The van der Waals surface area contributed by atoms with Gasteiger partial charge in [0.15, 0.2) is 11.2 Å². The van der Waals surface area contributed by atoms with Crippen molar-refractivity contribution in [3.8, 4) is 0 Å². The molecule has 22 heavy (non-hydrogen) atoms. The van der Waals surface area contributed by atoms with Crippen LogP contribution in [0.2, 0.25) is 0 Å². The lowest BCUT2D eigenvalue weighted by Gasteiger charge is -2.31. The molecular weight excluding hydrogens is 296 g/mol. The van der Waals surface area contributed by atoms with Crippen molar-refractivity contribution in [1.29, 1.82) is 0 Å². The molecular formula is C16H25N4OS+. The fraction of sp³-hybridized carbons (Fsp3) is 0.500. The third-order valence-corrected chi connectivity index (χ3v) is 4.00. The molecule has 1 atom stereocenters. The molecule has 1 aliphatic rings. The molecule has 0 saturated carbocycles. The van der Waals surface area contributed by atoms with Gasteiger partial charge in [0.2, 0.25) is 0 Å². The van der Waals surface area contributed by atoms with Gasteiger partial charge in [-0.1, -0.05) is 30.3 Å². The van der Waals surface area contributed by atoms with Gasteiger partial charge >= 0.3 is 0 Å². The number of thiocarbonyl (C=S) groups is 1. The molecule has 0 unspecified atom stereocenters. The molecule has 3 N–H and O–H groups in total. The molecule has 1 saturated heterocycles. The minimum absolute atomic E-state index is 0.224. The van der Waals surface area contributed by atoms with Gasteiger partial charge in [-0.2, -0.15) is 5.10 Å². The second kappa shape index (κ2) is 8.82. The first-order valence-corrected chi connectivity index (χ1v) is 8.18. The average molecular weight is 321 g/mol. The highest BCUT2D eigenvalue weighted by molar-refractivity contribution is 7.80. The minimum atomic E-state index is 0.224. The van der Waals surface area contributed by atoms with Crippen LogP contribution in [0, 0.1) is 0 Å². The van der Waals surface area contributed by atoms with E-state index < -0.39 is 0 Å². The lowest BCUT2D eigenvalue weighted by atomic mass is 10.0. The van der Waals surface area contributed by atoms with E-state index >= 15 is 0 Å². The Morgan fingerprint density at radius 1 is 1.32 bits per heavy atom. The van der Waals surface area contributed by atoms with E-state index in [-0.39, 0.29) is 6.04 Å². The second-order valence-corrected chi connectivity index (χ2v) is 5.75. The fourth-order valence-electron chi connectivity index (χ4n) is 2.74. The number of hydrazone groups is 1. The molecule has 0 bridgehead atoms. The molecule has 120 valence electrons. The van der Waals surface area contributed by atoms with Crippen LogP contribution in [0.4, 0.5) is 0 Å². The molecule has 0 aromatic heterocycles. The Hall–Kier alpha value is -1.50. The number of nitrogens with zero attached hydrogens (tertiary/aromatic N) is 1. The summed E-state index contributed by atoms with van der Waals surface area (Å²) in [6.07, 6.45) is 0. The lowest BCUT2D eigenvalue weighted by molar-refractivity contribution is -0.928. The van der Waals surface area contributed by atoms with Crippen LogP contribution < -0.4 is 15.6 Å². The van der Waals surface area contributed by atoms with Crippen molar-refractivity contribution in [2.24, 2.45) is 5.10 Å². The molecule has 5 nitrogen and oxygen atoms in total.